The Bertz CT molecular complexity index is 563. The van der Waals surface area contributed by atoms with Crippen LogP contribution in [0.4, 0.5) is 5.82 Å². The molecule has 0 atom stereocenters. The molecule has 1 aromatic heterocycles. The van der Waals surface area contributed by atoms with E-state index < -0.39 is 0 Å². The molecule has 0 unspecified atom stereocenters. The number of benzene rings is 1. The maximum atomic E-state index is 5.25. The largest absolute Gasteiger partial charge is 0.380 e. The fraction of sp³-hybridized carbons (Fsp3) is 0.375. The highest BCUT2D eigenvalue weighted by molar-refractivity contribution is 5.62. The monoisotopic (exact) mass is 287 g/mol. The van der Waals surface area contributed by atoms with Gasteiger partial charge in [0.05, 0.1) is 18.9 Å². The van der Waals surface area contributed by atoms with Crippen molar-refractivity contribution in [2.45, 2.75) is 20.1 Å². The molecule has 21 heavy (non-hydrogen) atoms. The maximum Gasteiger partial charge on any atom is 0.162 e. The number of ether oxygens (including phenoxy) is 2. The van der Waals surface area contributed by atoms with Crippen LogP contribution >= 0.6 is 0 Å². The van der Waals surface area contributed by atoms with Crippen molar-refractivity contribution in [3.63, 3.8) is 0 Å². The summed E-state index contributed by atoms with van der Waals surface area (Å²) in [6.07, 6.45) is 0. The minimum atomic E-state index is 0.459. The van der Waals surface area contributed by atoms with Crippen LogP contribution in [-0.2, 0) is 22.7 Å². The molecule has 1 aromatic carbocycles. The number of nitrogens with zero attached hydrogens (tertiary/aromatic N) is 2. The summed E-state index contributed by atoms with van der Waals surface area (Å²) in [5, 5.41) is 3.23. The van der Waals surface area contributed by atoms with Crippen LogP contribution in [0.25, 0.3) is 11.4 Å². The Balaban J connectivity index is 2.46. The van der Waals surface area contributed by atoms with E-state index in [1.54, 1.807) is 14.2 Å². The molecule has 0 saturated carbocycles. The van der Waals surface area contributed by atoms with Gasteiger partial charge in [0, 0.05) is 32.4 Å². The quantitative estimate of drug-likeness (QED) is 0.848. The number of hydrogen-bond donors (Lipinski definition) is 1. The number of aromatic nitrogens is 2. The Labute approximate surface area is 125 Å². The number of hydrogen-bond acceptors (Lipinski definition) is 5. The Morgan fingerprint density at radius 1 is 1.05 bits per heavy atom. The zero-order chi connectivity index (χ0) is 15.1. The molecule has 0 saturated heterocycles. The molecule has 0 bridgehead atoms. The number of anilines is 1. The molecule has 1 N–H and O–H groups in total. The third-order valence-electron chi connectivity index (χ3n) is 2.99. The highest BCUT2D eigenvalue weighted by Gasteiger charge is 2.10. The van der Waals surface area contributed by atoms with Gasteiger partial charge in [-0.3, -0.25) is 0 Å². The zero-order valence-corrected chi connectivity index (χ0v) is 12.7. The molecule has 0 aliphatic heterocycles. The van der Waals surface area contributed by atoms with Gasteiger partial charge in [0.2, 0.25) is 0 Å². The lowest BCUT2D eigenvalue weighted by Crippen LogP contribution is -2.05. The first kappa shape index (κ1) is 15.4. The standard InChI is InChI=1S/C16H21N3O2/c1-4-17-15-9-13(11-21-3)18-16(19-15)14-8-6-5-7-12(14)10-20-2/h5-9H,4,10-11H2,1-3H3,(H,17,18,19). The summed E-state index contributed by atoms with van der Waals surface area (Å²) in [6.45, 7) is 3.84. The van der Waals surface area contributed by atoms with Crippen LogP contribution in [0.2, 0.25) is 0 Å². The van der Waals surface area contributed by atoms with Gasteiger partial charge in [0.15, 0.2) is 5.82 Å². The van der Waals surface area contributed by atoms with E-state index in [4.69, 9.17) is 9.47 Å². The van der Waals surface area contributed by atoms with Gasteiger partial charge in [-0.2, -0.15) is 0 Å². The summed E-state index contributed by atoms with van der Waals surface area (Å²) in [5.41, 5.74) is 2.90. The highest BCUT2D eigenvalue weighted by Crippen LogP contribution is 2.23. The zero-order valence-electron chi connectivity index (χ0n) is 12.7. The summed E-state index contributed by atoms with van der Waals surface area (Å²) < 4.78 is 10.4. The maximum absolute atomic E-state index is 5.25. The van der Waals surface area contributed by atoms with Crippen LogP contribution in [0.3, 0.4) is 0 Å². The fourth-order valence-electron chi connectivity index (χ4n) is 2.13. The van der Waals surface area contributed by atoms with Crippen LogP contribution in [-0.4, -0.2) is 30.7 Å². The van der Waals surface area contributed by atoms with E-state index in [1.165, 1.54) is 0 Å². The van der Waals surface area contributed by atoms with Gasteiger partial charge in [-0.1, -0.05) is 24.3 Å². The topological polar surface area (TPSA) is 56.3 Å². The van der Waals surface area contributed by atoms with Crippen LogP contribution in [0.1, 0.15) is 18.2 Å². The summed E-state index contributed by atoms with van der Waals surface area (Å²) in [5.74, 6) is 1.50. The molecule has 112 valence electrons. The molecule has 0 fully saturated rings. The normalized spacial score (nSPS) is 10.6. The second-order valence-electron chi connectivity index (χ2n) is 4.62. The summed E-state index contributed by atoms with van der Waals surface area (Å²) in [7, 11) is 3.34. The second-order valence-corrected chi connectivity index (χ2v) is 4.62. The minimum absolute atomic E-state index is 0.459. The first-order valence-corrected chi connectivity index (χ1v) is 6.96. The van der Waals surface area contributed by atoms with E-state index in [9.17, 15) is 0 Å². The van der Waals surface area contributed by atoms with Crippen molar-refractivity contribution in [1.82, 2.24) is 9.97 Å². The molecule has 2 rings (SSSR count). The van der Waals surface area contributed by atoms with Crippen molar-refractivity contribution in [2.24, 2.45) is 0 Å². The predicted octanol–water partition coefficient (Wildman–Crippen LogP) is 2.87. The van der Waals surface area contributed by atoms with E-state index in [0.29, 0.717) is 19.0 Å². The van der Waals surface area contributed by atoms with Gasteiger partial charge >= 0.3 is 0 Å². The lowest BCUT2D eigenvalue weighted by atomic mass is 10.1. The first-order chi connectivity index (χ1) is 10.3. The Morgan fingerprint density at radius 2 is 1.81 bits per heavy atom. The van der Waals surface area contributed by atoms with Crippen LogP contribution in [0.5, 0.6) is 0 Å². The van der Waals surface area contributed by atoms with Crippen LogP contribution in [0.15, 0.2) is 30.3 Å². The molecule has 2 aromatic rings. The molecule has 1 heterocycles. The lowest BCUT2D eigenvalue weighted by molar-refractivity contribution is 0.181. The van der Waals surface area contributed by atoms with Gasteiger partial charge in [-0.05, 0) is 12.5 Å². The summed E-state index contributed by atoms with van der Waals surface area (Å²) in [6, 6.07) is 9.92. The van der Waals surface area contributed by atoms with E-state index in [1.807, 2.05) is 37.3 Å². The third kappa shape index (κ3) is 4.00. The van der Waals surface area contributed by atoms with Gasteiger partial charge in [0.25, 0.3) is 0 Å². The number of methoxy groups -OCH3 is 2. The average molecular weight is 287 g/mol. The molecule has 0 aliphatic rings. The van der Waals surface area contributed by atoms with Gasteiger partial charge in [0.1, 0.15) is 5.82 Å². The second kappa shape index (κ2) is 7.71. The van der Waals surface area contributed by atoms with E-state index in [0.717, 1.165) is 29.2 Å². The van der Waals surface area contributed by atoms with Crippen molar-refractivity contribution < 1.29 is 9.47 Å². The third-order valence-corrected chi connectivity index (χ3v) is 2.99. The van der Waals surface area contributed by atoms with Crippen LogP contribution < -0.4 is 5.32 Å². The predicted molar refractivity (Wildman–Crippen MR) is 83.1 cm³/mol. The number of rotatable bonds is 7. The molecule has 5 nitrogen and oxygen atoms in total. The van der Waals surface area contributed by atoms with Crippen molar-refractivity contribution in [3.05, 3.63) is 41.6 Å². The first-order valence-electron chi connectivity index (χ1n) is 6.96. The van der Waals surface area contributed by atoms with Crippen molar-refractivity contribution in [1.29, 1.82) is 0 Å². The molecular weight excluding hydrogens is 266 g/mol. The van der Waals surface area contributed by atoms with Crippen molar-refractivity contribution in [3.8, 4) is 11.4 Å². The minimum Gasteiger partial charge on any atom is -0.380 e. The van der Waals surface area contributed by atoms with Crippen molar-refractivity contribution >= 4 is 5.82 Å². The Morgan fingerprint density at radius 3 is 2.52 bits per heavy atom. The van der Waals surface area contributed by atoms with Gasteiger partial charge < -0.3 is 14.8 Å². The molecule has 0 radical (unpaired) electrons. The Kier molecular flexibility index (Phi) is 5.66. The van der Waals surface area contributed by atoms with E-state index in [-0.39, 0.29) is 0 Å². The molecule has 5 heteroatoms. The van der Waals surface area contributed by atoms with E-state index in [2.05, 4.69) is 15.3 Å². The highest BCUT2D eigenvalue weighted by atomic mass is 16.5. The summed E-state index contributed by atoms with van der Waals surface area (Å²) >= 11 is 0. The van der Waals surface area contributed by atoms with Crippen molar-refractivity contribution in [2.75, 3.05) is 26.1 Å². The average Bonchev–Trinajstić information content (AvgIpc) is 2.49. The van der Waals surface area contributed by atoms with Gasteiger partial charge in [-0.15, -0.1) is 0 Å². The lowest BCUT2D eigenvalue weighted by Gasteiger charge is -2.11. The fourth-order valence-corrected chi connectivity index (χ4v) is 2.13. The SMILES string of the molecule is CCNc1cc(COC)nc(-c2ccccc2COC)n1. The molecule has 0 spiro atoms. The molecule has 0 amide bonds. The molecule has 0 aliphatic carbocycles. The molecular formula is C16H21N3O2. The number of nitrogens with one attached hydrogen (secondary N) is 1. The van der Waals surface area contributed by atoms with Gasteiger partial charge in [-0.25, -0.2) is 9.97 Å². The smallest absolute Gasteiger partial charge is 0.162 e. The Hall–Kier alpha value is -1.98. The van der Waals surface area contributed by atoms with E-state index >= 15 is 0 Å². The summed E-state index contributed by atoms with van der Waals surface area (Å²) in [4.78, 5) is 9.17. The van der Waals surface area contributed by atoms with Crippen LogP contribution in [0, 0.1) is 0 Å².